The van der Waals surface area contributed by atoms with Gasteiger partial charge >= 0.3 is 25.3 Å². The van der Waals surface area contributed by atoms with Gasteiger partial charge in [-0.25, -0.2) is 4.52 Å². The summed E-state index contributed by atoms with van der Waals surface area (Å²) in [5, 5.41) is 0. The maximum absolute atomic E-state index is 11.3. The summed E-state index contributed by atoms with van der Waals surface area (Å²) in [6.07, 6.45) is -5.16. The average Bonchev–Trinajstić information content (AvgIpc) is 1.48. The number of rotatable bonds is 3. The molecule has 0 aliphatic carbocycles. The van der Waals surface area contributed by atoms with Gasteiger partial charge in [-0.05, 0) is 0 Å². The fraction of sp³-hybridized carbons (Fsp3) is 1.00. The second-order valence-corrected chi connectivity index (χ2v) is 4.36. The van der Waals surface area contributed by atoms with Gasteiger partial charge < -0.3 is 0 Å². The Morgan fingerprint density at radius 1 is 1.50 bits per heavy atom. The largest absolute Gasteiger partial charge is 0.529 e. The number of alkyl halides is 3. The highest BCUT2D eigenvalue weighted by Gasteiger charge is 2.39. The molecular weight excluding hydrogens is 224 g/mol. The molecule has 0 aromatic carbocycles. The maximum Gasteiger partial charge on any atom is 0.529 e. The molecule has 0 spiro atoms. The molecule has 2 unspecified atom stereocenters. The molecule has 12 heavy (non-hydrogen) atoms. The minimum Gasteiger partial charge on any atom is -0.284 e. The predicted octanol–water partition coefficient (Wildman–Crippen LogP) is 1.50. The first-order valence-electron chi connectivity index (χ1n) is 2.28. The van der Waals surface area contributed by atoms with E-state index >= 15 is 0 Å². The van der Waals surface area contributed by atoms with E-state index in [2.05, 4.69) is 8.49 Å². The first-order valence-corrected chi connectivity index (χ1v) is 5.30. The molecular formula is C2H4F3O5PS. The molecule has 0 amide bonds. The van der Waals surface area contributed by atoms with Gasteiger partial charge in [0.25, 0.3) is 0 Å². The zero-order chi connectivity index (χ0) is 9.99. The molecule has 0 saturated carbocycles. The summed E-state index contributed by atoms with van der Waals surface area (Å²) in [5.41, 5.74) is 0. The van der Waals surface area contributed by atoms with Crippen LogP contribution in [0.3, 0.4) is 0 Å². The lowest BCUT2D eigenvalue weighted by Crippen LogP contribution is -2.12. The van der Waals surface area contributed by atoms with Crippen LogP contribution in [0.15, 0.2) is 0 Å². The standard InChI is InChI=1S/C2H4F3O5PS/c1-11(6,10-12(7)8)9-2(3,4)5/h1H3,(H,7,8). The van der Waals surface area contributed by atoms with Gasteiger partial charge in [0.1, 0.15) is 0 Å². The molecule has 2 atom stereocenters. The Kier molecular flexibility index (Phi) is 3.86. The lowest BCUT2D eigenvalue weighted by molar-refractivity contribution is -0.276. The molecule has 0 fully saturated rings. The second kappa shape index (κ2) is 3.84. The summed E-state index contributed by atoms with van der Waals surface area (Å²) in [7, 11) is -4.55. The molecule has 0 heterocycles. The van der Waals surface area contributed by atoms with Crippen molar-refractivity contribution in [1.82, 2.24) is 0 Å². The molecule has 0 bridgehead atoms. The van der Waals surface area contributed by atoms with E-state index in [1.807, 2.05) is 0 Å². The third-order valence-electron chi connectivity index (χ3n) is 0.468. The summed E-state index contributed by atoms with van der Waals surface area (Å²) >= 11 is -3.06. The Balaban J connectivity index is 4.24. The van der Waals surface area contributed by atoms with Crippen molar-refractivity contribution in [3.05, 3.63) is 0 Å². The summed E-state index contributed by atoms with van der Waals surface area (Å²) in [5.74, 6) is 0. The summed E-state index contributed by atoms with van der Waals surface area (Å²) in [4.78, 5) is 0. The Morgan fingerprint density at radius 3 is 2.17 bits per heavy atom. The number of hydrogen-bond acceptors (Lipinski definition) is 4. The molecule has 0 rings (SSSR count). The van der Waals surface area contributed by atoms with Crippen molar-refractivity contribution in [2.75, 3.05) is 6.66 Å². The minimum atomic E-state index is -5.16. The summed E-state index contributed by atoms with van der Waals surface area (Å²) in [6, 6.07) is 0. The minimum absolute atomic E-state index is 0.425. The van der Waals surface area contributed by atoms with E-state index in [1.54, 1.807) is 0 Å². The van der Waals surface area contributed by atoms with Crippen molar-refractivity contribution in [2.45, 2.75) is 6.36 Å². The monoisotopic (exact) mass is 228 g/mol. The van der Waals surface area contributed by atoms with E-state index in [-0.39, 0.29) is 0 Å². The van der Waals surface area contributed by atoms with Crippen molar-refractivity contribution in [3.8, 4) is 0 Å². The molecule has 1 N–H and O–H groups in total. The molecule has 5 nitrogen and oxygen atoms in total. The Morgan fingerprint density at radius 2 is 1.92 bits per heavy atom. The van der Waals surface area contributed by atoms with E-state index in [1.165, 1.54) is 0 Å². The lowest BCUT2D eigenvalue weighted by atomic mass is 11.4. The summed E-state index contributed by atoms with van der Waals surface area (Å²) < 4.78 is 68.6. The van der Waals surface area contributed by atoms with Crippen LogP contribution in [0.4, 0.5) is 13.2 Å². The molecule has 0 aromatic rings. The van der Waals surface area contributed by atoms with Crippen LogP contribution in [-0.4, -0.2) is 21.8 Å². The maximum atomic E-state index is 11.3. The first-order chi connectivity index (χ1) is 5.12. The number of halogens is 3. The molecule has 74 valence electrons. The van der Waals surface area contributed by atoms with Crippen LogP contribution in [-0.2, 0) is 24.4 Å². The predicted molar refractivity (Wildman–Crippen MR) is 32.5 cm³/mol. The molecule has 10 heteroatoms. The Labute approximate surface area is 67.9 Å². The van der Waals surface area contributed by atoms with Crippen LogP contribution in [0.2, 0.25) is 0 Å². The van der Waals surface area contributed by atoms with Gasteiger partial charge in [-0.15, -0.1) is 13.2 Å². The molecule has 0 saturated heterocycles. The van der Waals surface area contributed by atoms with Gasteiger partial charge in [0, 0.05) is 6.66 Å². The molecule has 0 aliphatic heterocycles. The van der Waals surface area contributed by atoms with E-state index in [9.17, 15) is 21.9 Å². The van der Waals surface area contributed by atoms with Crippen LogP contribution >= 0.6 is 7.60 Å². The highest BCUT2D eigenvalue weighted by molar-refractivity contribution is 7.80. The van der Waals surface area contributed by atoms with Gasteiger partial charge in [0.15, 0.2) is 0 Å². The van der Waals surface area contributed by atoms with E-state index in [0.29, 0.717) is 6.66 Å². The van der Waals surface area contributed by atoms with Gasteiger partial charge in [0.05, 0.1) is 0 Å². The van der Waals surface area contributed by atoms with E-state index < -0.39 is 25.3 Å². The Bertz CT molecular complexity index is 225. The van der Waals surface area contributed by atoms with Crippen molar-refractivity contribution < 1.29 is 35.0 Å². The van der Waals surface area contributed by atoms with E-state index in [0.717, 1.165) is 0 Å². The van der Waals surface area contributed by atoms with E-state index in [4.69, 9.17) is 4.55 Å². The zero-order valence-electron chi connectivity index (χ0n) is 5.57. The normalized spacial score (nSPS) is 20.1. The second-order valence-electron chi connectivity index (χ2n) is 1.60. The molecule has 0 aliphatic rings. The molecule has 0 aromatic heterocycles. The van der Waals surface area contributed by atoms with Gasteiger partial charge in [0.2, 0.25) is 0 Å². The van der Waals surface area contributed by atoms with Gasteiger partial charge in [-0.3, -0.25) is 9.12 Å². The summed E-state index contributed by atoms with van der Waals surface area (Å²) in [6.45, 7) is 0.425. The topological polar surface area (TPSA) is 72.8 Å². The third-order valence-corrected chi connectivity index (χ3v) is 2.60. The SMILES string of the molecule is CP(=O)(OS(=O)O)OC(F)(F)F. The van der Waals surface area contributed by atoms with Gasteiger partial charge in [-0.2, -0.15) is 8.18 Å². The van der Waals surface area contributed by atoms with Crippen molar-refractivity contribution in [2.24, 2.45) is 0 Å². The van der Waals surface area contributed by atoms with Crippen LogP contribution < -0.4 is 0 Å². The van der Waals surface area contributed by atoms with Crippen LogP contribution in [0.1, 0.15) is 0 Å². The smallest absolute Gasteiger partial charge is 0.284 e. The zero-order valence-corrected chi connectivity index (χ0v) is 7.28. The fourth-order valence-electron chi connectivity index (χ4n) is 0.319. The molecule has 0 radical (unpaired) electrons. The highest BCUT2D eigenvalue weighted by Crippen LogP contribution is 2.49. The third kappa shape index (κ3) is 6.74. The van der Waals surface area contributed by atoms with Crippen LogP contribution in [0.5, 0.6) is 0 Å². The first kappa shape index (κ1) is 12.0. The van der Waals surface area contributed by atoms with Gasteiger partial charge in [-0.1, -0.05) is 0 Å². The fourth-order valence-corrected chi connectivity index (χ4v) is 1.74. The average molecular weight is 228 g/mol. The van der Waals surface area contributed by atoms with Crippen LogP contribution in [0, 0.1) is 0 Å². The lowest BCUT2D eigenvalue weighted by Gasteiger charge is -2.12. The highest BCUT2D eigenvalue weighted by atomic mass is 32.2. The number of hydrogen-bond donors (Lipinski definition) is 1. The van der Waals surface area contributed by atoms with Crippen molar-refractivity contribution >= 4 is 19.0 Å². The quantitative estimate of drug-likeness (QED) is 0.585. The van der Waals surface area contributed by atoms with Crippen molar-refractivity contribution in [1.29, 1.82) is 0 Å². The van der Waals surface area contributed by atoms with Crippen molar-refractivity contribution in [3.63, 3.8) is 0 Å². The van der Waals surface area contributed by atoms with Crippen LogP contribution in [0.25, 0.3) is 0 Å². The Hall–Kier alpha value is 0.0500.